The molecular formula is C16H24N2. The van der Waals surface area contributed by atoms with Crippen LogP contribution >= 0.6 is 0 Å². The molecule has 1 N–H and O–H groups in total. The van der Waals surface area contributed by atoms with Gasteiger partial charge < -0.3 is 10.2 Å². The highest BCUT2D eigenvalue weighted by atomic mass is 15.2. The molecule has 1 aromatic carbocycles. The average Bonchev–Trinajstić information content (AvgIpc) is 2.35. The Labute approximate surface area is 110 Å². The van der Waals surface area contributed by atoms with Gasteiger partial charge in [0.1, 0.15) is 0 Å². The molecule has 0 saturated carbocycles. The van der Waals surface area contributed by atoms with Crippen LogP contribution in [0.25, 0.3) is 0 Å². The summed E-state index contributed by atoms with van der Waals surface area (Å²) in [6, 6.07) is 11.0. The summed E-state index contributed by atoms with van der Waals surface area (Å²) >= 11 is 0. The van der Waals surface area contributed by atoms with Crippen molar-refractivity contribution < 1.29 is 0 Å². The zero-order chi connectivity index (χ0) is 12.4. The molecule has 0 radical (unpaired) electrons. The third-order valence-electron chi connectivity index (χ3n) is 4.52. The van der Waals surface area contributed by atoms with Gasteiger partial charge in [0.15, 0.2) is 0 Å². The molecule has 0 spiro atoms. The molecule has 0 aromatic heterocycles. The second-order valence-electron chi connectivity index (χ2n) is 6.39. The normalized spacial score (nSPS) is 30.1. The van der Waals surface area contributed by atoms with Crippen molar-refractivity contribution in [2.45, 2.75) is 25.7 Å². The molecule has 1 unspecified atom stereocenters. The van der Waals surface area contributed by atoms with E-state index >= 15 is 0 Å². The Morgan fingerprint density at radius 2 is 2.06 bits per heavy atom. The Bertz CT molecular complexity index is 375. The van der Waals surface area contributed by atoms with E-state index in [-0.39, 0.29) is 0 Å². The fraction of sp³-hybridized carbons (Fsp3) is 0.625. The molecule has 2 heteroatoms. The number of rotatable bonds is 3. The van der Waals surface area contributed by atoms with Crippen molar-refractivity contribution in [3.05, 3.63) is 35.9 Å². The van der Waals surface area contributed by atoms with Gasteiger partial charge in [0.2, 0.25) is 0 Å². The molecule has 2 heterocycles. The Morgan fingerprint density at radius 3 is 2.72 bits per heavy atom. The van der Waals surface area contributed by atoms with Crippen LogP contribution in [0.4, 0.5) is 0 Å². The number of likely N-dealkylation sites (tertiary alicyclic amines) is 1. The number of nitrogens with one attached hydrogen (secondary N) is 1. The predicted molar refractivity (Wildman–Crippen MR) is 75.8 cm³/mol. The van der Waals surface area contributed by atoms with Crippen molar-refractivity contribution in [1.82, 2.24) is 10.2 Å². The van der Waals surface area contributed by atoms with E-state index < -0.39 is 0 Å². The van der Waals surface area contributed by atoms with Crippen LogP contribution in [0.1, 0.15) is 31.2 Å². The lowest BCUT2D eigenvalue weighted by atomic mass is 9.80. The minimum Gasteiger partial charge on any atom is -0.316 e. The van der Waals surface area contributed by atoms with Crippen molar-refractivity contribution in [3.8, 4) is 0 Å². The largest absolute Gasteiger partial charge is 0.316 e. The minimum absolute atomic E-state index is 0.500. The molecule has 2 saturated heterocycles. The van der Waals surface area contributed by atoms with Gasteiger partial charge in [-0.2, -0.15) is 0 Å². The first-order valence-electron chi connectivity index (χ1n) is 7.23. The fourth-order valence-electron chi connectivity index (χ4n) is 3.43. The van der Waals surface area contributed by atoms with E-state index in [0.29, 0.717) is 5.41 Å². The van der Waals surface area contributed by atoms with E-state index in [2.05, 4.69) is 47.5 Å². The van der Waals surface area contributed by atoms with Crippen LogP contribution in [0.5, 0.6) is 0 Å². The summed E-state index contributed by atoms with van der Waals surface area (Å²) in [4.78, 5) is 2.63. The summed E-state index contributed by atoms with van der Waals surface area (Å²) in [6.07, 6.45) is 2.72. The molecule has 2 nitrogen and oxygen atoms in total. The number of nitrogens with zero attached hydrogens (tertiary/aromatic N) is 1. The van der Waals surface area contributed by atoms with Crippen molar-refractivity contribution in [3.63, 3.8) is 0 Å². The summed E-state index contributed by atoms with van der Waals surface area (Å²) in [5.74, 6) is 0.770. The lowest BCUT2D eigenvalue weighted by Crippen LogP contribution is -2.52. The Morgan fingerprint density at radius 1 is 1.28 bits per heavy atom. The molecule has 98 valence electrons. The summed E-state index contributed by atoms with van der Waals surface area (Å²) in [7, 11) is 0. The topological polar surface area (TPSA) is 15.3 Å². The van der Waals surface area contributed by atoms with E-state index in [4.69, 9.17) is 0 Å². The zero-order valence-corrected chi connectivity index (χ0v) is 11.4. The maximum atomic E-state index is 3.55. The highest BCUT2D eigenvalue weighted by Crippen LogP contribution is 2.33. The third kappa shape index (κ3) is 2.60. The fourth-order valence-corrected chi connectivity index (χ4v) is 3.43. The first kappa shape index (κ1) is 12.2. The van der Waals surface area contributed by atoms with Gasteiger partial charge in [-0.05, 0) is 30.4 Å². The van der Waals surface area contributed by atoms with Crippen molar-refractivity contribution in [2.75, 3.05) is 32.7 Å². The first-order valence-corrected chi connectivity index (χ1v) is 7.23. The van der Waals surface area contributed by atoms with Gasteiger partial charge in [0.05, 0.1) is 0 Å². The van der Waals surface area contributed by atoms with Gasteiger partial charge in [-0.15, -0.1) is 0 Å². The third-order valence-corrected chi connectivity index (χ3v) is 4.52. The second kappa shape index (κ2) is 5.02. The van der Waals surface area contributed by atoms with Crippen LogP contribution in [0.2, 0.25) is 0 Å². The molecule has 0 bridgehead atoms. The lowest BCUT2D eigenvalue weighted by Gasteiger charge is -2.46. The summed E-state index contributed by atoms with van der Waals surface area (Å²) in [5, 5.41) is 3.55. The number of hydrogen-bond donors (Lipinski definition) is 1. The predicted octanol–water partition coefficient (Wildman–Crippen LogP) is 2.48. The van der Waals surface area contributed by atoms with E-state index in [0.717, 1.165) is 5.92 Å². The van der Waals surface area contributed by atoms with Gasteiger partial charge in [0.25, 0.3) is 0 Å². The van der Waals surface area contributed by atoms with E-state index in [1.165, 1.54) is 51.1 Å². The highest BCUT2D eigenvalue weighted by molar-refractivity contribution is 5.22. The molecular weight excluding hydrogens is 220 g/mol. The maximum Gasteiger partial charge on any atom is 0.00936 e. The summed E-state index contributed by atoms with van der Waals surface area (Å²) in [6.45, 7) is 8.61. The molecule has 3 rings (SSSR count). The Balaban J connectivity index is 1.50. The van der Waals surface area contributed by atoms with Gasteiger partial charge >= 0.3 is 0 Å². The molecule has 0 amide bonds. The zero-order valence-electron chi connectivity index (χ0n) is 11.4. The standard InChI is InChI=1S/C16H24N2/c1-16(8-5-9-17-12-16)13-18-10-15(11-18)14-6-3-2-4-7-14/h2-4,6-7,15,17H,5,8-13H2,1H3. The second-order valence-corrected chi connectivity index (χ2v) is 6.39. The summed E-state index contributed by atoms with van der Waals surface area (Å²) in [5.41, 5.74) is 2.01. The minimum atomic E-state index is 0.500. The van der Waals surface area contributed by atoms with Crippen molar-refractivity contribution in [2.24, 2.45) is 5.41 Å². The quantitative estimate of drug-likeness (QED) is 0.879. The molecule has 0 aliphatic carbocycles. The van der Waals surface area contributed by atoms with E-state index in [9.17, 15) is 0 Å². The van der Waals surface area contributed by atoms with Crippen LogP contribution in [0.3, 0.4) is 0 Å². The highest BCUT2D eigenvalue weighted by Gasteiger charge is 2.35. The van der Waals surface area contributed by atoms with E-state index in [1.54, 1.807) is 0 Å². The smallest absolute Gasteiger partial charge is 0.00936 e. The number of piperidine rings is 1. The van der Waals surface area contributed by atoms with Gasteiger partial charge in [-0.1, -0.05) is 37.3 Å². The SMILES string of the molecule is CC1(CN2CC(c3ccccc3)C2)CCCNC1. The van der Waals surface area contributed by atoms with Crippen LogP contribution in [-0.4, -0.2) is 37.6 Å². The van der Waals surface area contributed by atoms with E-state index in [1.807, 2.05) is 0 Å². The summed E-state index contributed by atoms with van der Waals surface area (Å²) < 4.78 is 0. The van der Waals surface area contributed by atoms with Crippen LogP contribution in [0.15, 0.2) is 30.3 Å². The molecule has 1 atom stereocenters. The van der Waals surface area contributed by atoms with Crippen LogP contribution in [0, 0.1) is 5.41 Å². The molecule has 2 aliphatic heterocycles. The van der Waals surface area contributed by atoms with Gasteiger partial charge in [-0.3, -0.25) is 0 Å². The molecule has 18 heavy (non-hydrogen) atoms. The van der Waals surface area contributed by atoms with Gasteiger partial charge in [0, 0.05) is 32.1 Å². The van der Waals surface area contributed by atoms with Crippen molar-refractivity contribution in [1.29, 1.82) is 0 Å². The lowest BCUT2D eigenvalue weighted by molar-refractivity contribution is 0.0706. The van der Waals surface area contributed by atoms with Crippen LogP contribution in [-0.2, 0) is 0 Å². The Kier molecular flexibility index (Phi) is 3.40. The van der Waals surface area contributed by atoms with Crippen LogP contribution < -0.4 is 5.32 Å². The monoisotopic (exact) mass is 244 g/mol. The average molecular weight is 244 g/mol. The number of hydrogen-bond acceptors (Lipinski definition) is 2. The van der Waals surface area contributed by atoms with Crippen molar-refractivity contribution >= 4 is 0 Å². The molecule has 2 fully saturated rings. The number of benzene rings is 1. The Hall–Kier alpha value is -0.860. The maximum absolute atomic E-state index is 3.55. The molecule has 2 aliphatic rings. The van der Waals surface area contributed by atoms with Gasteiger partial charge in [-0.25, -0.2) is 0 Å². The first-order chi connectivity index (χ1) is 8.75. The molecule has 1 aromatic rings.